The maximum atomic E-state index is 13.2. The number of anilines is 1. The summed E-state index contributed by atoms with van der Waals surface area (Å²) >= 11 is 0. The number of fused-ring (bicyclic) bond motifs is 3. The Kier molecular flexibility index (Phi) is 5.57. The Labute approximate surface area is 198 Å². The van der Waals surface area contributed by atoms with Crippen molar-refractivity contribution in [3.05, 3.63) is 28.3 Å². The standard InChI is InChI=1S/C25H38N4O3S/c1-24(2)21(29-13-7-12-25(29,3)16-28(24)4)15-33(31,32)27-23(30)26-22-19-10-5-8-17(19)14-18-9-6-11-20(18)22/h14,21H,5-13,15-16H2,1-4H3,(H2,26,27,30)/t21-,25-/m0/s1. The number of nitrogens with one attached hydrogen (secondary N) is 2. The molecule has 5 rings (SSSR count). The Hall–Kier alpha value is -1.64. The summed E-state index contributed by atoms with van der Waals surface area (Å²) in [4.78, 5) is 17.6. The van der Waals surface area contributed by atoms with Crippen LogP contribution in [0.25, 0.3) is 0 Å². The van der Waals surface area contributed by atoms with Gasteiger partial charge in [-0.05, 0) is 108 Å². The SMILES string of the molecule is CN1C[C@]2(C)CCCN2[C@@H](CS(=O)(=O)NC(=O)Nc2c3c(cc4c2CCC4)CCC3)C1(C)C. The molecule has 2 aliphatic carbocycles. The van der Waals surface area contributed by atoms with E-state index in [1.54, 1.807) is 0 Å². The molecule has 1 aromatic carbocycles. The minimum atomic E-state index is -3.82. The van der Waals surface area contributed by atoms with Crippen LogP contribution in [-0.2, 0) is 35.7 Å². The van der Waals surface area contributed by atoms with Crippen LogP contribution in [0.3, 0.4) is 0 Å². The molecule has 2 aliphatic heterocycles. The van der Waals surface area contributed by atoms with Crippen LogP contribution in [0, 0.1) is 0 Å². The fourth-order valence-electron chi connectivity index (χ4n) is 6.89. The van der Waals surface area contributed by atoms with Gasteiger partial charge in [-0.2, -0.15) is 0 Å². The molecule has 0 saturated carbocycles. The molecule has 182 valence electrons. The van der Waals surface area contributed by atoms with Crippen LogP contribution in [-0.4, -0.2) is 67.3 Å². The van der Waals surface area contributed by atoms with Gasteiger partial charge in [-0.25, -0.2) is 17.9 Å². The van der Waals surface area contributed by atoms with Crippen LogP contribution in [0.2, 0.25) is 0 Å². The fourth-order valence-corrected chi connectivity index (χ4v) is 8.31. The van der Waals surface area contributed by atoms with Crippen LogP contribution in [0.15, 0.2) is 6.07 Å². The quantitative estimate of drug-likeness (QED) is 0.701. The lowest BCUT2D eigenvalue weighted by Gasteiger charge is -2.57. The highest BCUT2D eigenvalue weighted by Gasteiger charge is 2.53. The summed E-state index contributed by atoms with van der Waals surface area (Å²) in [5.41, 5.74) is 5.57. The third-order valence-corrected chi connectivity index (χ3v) is 10.1. The fraction of sp³-hybridized carbons (Fsp3) is 0.720. The summed E-state index contributed by atoms with van der Waals surface area (Å²) in [6, 6.07) is 1.49. The highest BCUT2D eigenvalue weighted by atomic mass is 32.2. The number of piperazine rings is 1. The number of sulfonamides is 1. The number of carbonyl (C=O) groups excluding carboxylic acids is 1. The van der Waals surface area contributed by atoms with Crippen molar-refractivity contribution in [1.29, 1.82) is 0 Å². The zero-order valence-electron chi connectivity index (χ0n) is 20.5. The van der Waals surface area contributed by atoms with E-state index in [1.165, 1.54) is 22.3 Å². The lowest BCUT2D eigenvalue weighted by molar-refractivity contribution is -0.0682. The van der Waals surface area contributed by atoms with Crippen molar-refractivity contribution in [1.82, 2.24) is 14.5 Å². The number of urea groups is 1. The van der Waals surface area contributed by atoms with Gasteiger partial charge < -0.3 is 5.32 Å². The van der Waals surface area contributed by atoms with E-state index >= 15 is 0 Å². The van der Waals surface area contributed by atoms with E-state index in [0.717, 1.165) is 70.1 Å². The number of hydrogen-bond acceptors (Lipinski definition) is 5. The normalized spacial score (nSPS) is 28.9. The van der Waals surface area contributed by atoms with E-state index in [-0.39, 0.29) is 22.9 Å². The first-order chi connectivity index (χ1) is 15.5. The molecule has 0 radical (unpaired) electrons. The Morgan fingerprint density at radius 3 is 2.33 bits per heavy atom. The summed E-state index contributed by atoms with van der Waals surface area (Å²) in [5.74, 6) is -0.0850. The van der Waals surface area contributed by atoms with E-state index < -0.39 is 16.1 Å². The monoisotopic (exact) mass is 474 g/mol. The summed E-state index contributed by atoms with van der Waals surface area (Å²) in [6.45, 7) is 8.29. The third kappa shape index (κ3) is 3.98. The molecular weight excluding hydrogens is 436 g/mol. The topological polar surface area (TPSA) is 81.8 Å². The molecule has 2 amide bonds. The summed E-state index contributed by atoms with van der Waals surface area (Å²) in [6.07, 6.45) is 8.29. The molecule has 2 heterocycles. The van der Waals surface area contributed by atoms with Gasteiger partial charge in [0.05, 0.1) is 5.75 Å². The molecule has 7 nitrogen and oxygen atoms in total. The smallest absolute Gasteiger partial charge is 0.307 e. The van der Waals surface area contributed by atoms with Crippen LogP contribution in [0.1, 0.15) is 68.7 Å². The van der Waals surface area contributed by atoms with Crippen molar-refractivity contribution in [2.75, 3.05) is 31.2 Å². The second-order valence-corrected chi connectivity index (χ2v) is 13.2. The van der Waals surface area contributed by atoms with E-state index in [2.05, 4.69) is 53.7 Å². The first-order valence-electron chi connectivity index (χ1n) is 12.5. The van der Waals surface area contributed by atoms with Gasteiger partial charge in [0.2, 0.25) is 10.0 Å². The zero-order chi connectivity index (χ0) is 23.6. The van der Waals surface area contributed by atoms with Gasteiger partial charge in [0.15, 0.2) is 0 Å². The molecule has 2 saturated heterocycles. The van der Waals surface area contributed by atoms with Gasteiger partial charge in [-0.1, -0.05) is 6.07 Å². The van der Waals surface area contributed by atoms with Crippen molar-refractivity contribution in [2.24, 2.45) is 0 Å². The maximum Gasteiger partial charge on any atom is 0.332 e. The molecule has 1 aromatic rings. The molecule has 8 heteroatoms. The number of benzene rings is 1. The Morgan fingerprint density at radius 2 is 1.70 bits per heavy atom. The Morgan fingerprint density at radius 1 is 1.06 bits per heavy atom. The average molecular weight is 475 g/mol. The number of hydrogen-bond donors (Lipinski definition) is 2. The van der Waals surface area contributed by atoms with E-state index in [0.29, 0.717) is 0 Å². The third-order valence-electron chi connectivity index (χ3n) is 8.90. The van der Waals surface area contributed by atoms with Crippen molar-refractivity contribution in [3.63, 3.8) is 0 Å². The van der Waals surface area contributed by atoms with E-state index in [9.17, 15) is 13.2 Å². The van der Waals surface area contributed by atoms with Gasteiger partial charge >= 0.3 is 6.03 Å². The molecule has 0 spiro atoms. The van der Waals surface area contributed by atoms with E-state index in [1.807, 2.05) is 0 Å². The molecule has 0 bridgehead atoms. The highest BCUT2D eigenvalue weighted by Crippen LogP contribution is 2.42. The van der Waals surface area contributed by atoms with Crippen LogP contribution < -0.4 is 10.0 Å². The van der Waals surface area contributed by atoms with Crippen molar-refractivity contribution < 1.29 is 13.2 Å². The van der Waals surface area contributed by atoms with Crippen molar-refractivity contribution in [2.45, 2.75) is 89.3 Å². The largest absolute Gasteiger partial charge is 0.332 e. The second kappa shape index (κ2) is 7.95. The van der Waals surface area contributed by atoms with Gasteiger partial charge in [-0.3, -0.25) is 9.80 Å². The molecule has 2 N–H and O–H groups in total. The predicted molar refractivity (Wildman–Crippen MR) is 131 cm³/mol. The predicted octanol–water partition coefficient (Wildman–Crippen LogP) is 3.06. The Balaban J connectivity index is 1.34. The lowest BCUT2D eigenvalue weighted by Crippen LogP contribution is -2.72. The molecule has 0 unspecified atom stereocenters. The van der Waals surface area contributed by atoms with Crippen LogP contribution >= 0.6 is 0 Å². The van der Waals surface area contributed by atoms with Gasteiger partial charge in [0.25, 0.3) is 0 Å². The molecule has 4 aliphatic rings. The first kappa shape index (κ1) is 23.1. The minimum Gasteiger partial charge on any atom is -0.307 e. The van der Waals surface area contributed by atoms with Crippen molar-refractivity contribution >= 4 is 21.7 Å². The lowest BCUT2D eigenvalue weighted by atomic mass is 9.83. The molecule has 2 fully saturated rings. The molecule has 2 atom stereocenters. The van der Waals surface area contributed by atoms with Crippen LogP contribution in [0.4, 0.5) is 10.5 Å². The highest BCUT2D eigenvalue weighted by molar-refractivity contribution is 7.90. The van der Waals surface area contributed by atoms with Gasteiger partial charge in [0, 0.05) is 29.4 Å². The van der Waals surface area contributed by atoms with Gasteiger partial charge in [-0.15, -0.1) is 0 Å². The average Bonchev–Trinajstić information content (AvgIpc) is 3.44. The van der Waals surface area contributed by atoms with Crippen LogP contribution in [0.5, 0.6) is 0 Å². The van der Waals surface area contributed by atoms with Crippen molar-refractivity contribution in [3.8, 4) is 0 Å². The Bertz CT molecular complexity index is 1050. The number of nitrogens with zero attached hydrogens (tertiary/aromatic N) is 2. The second-order valence-electron chi connectivity index (χ2n) is 11.4. The number of rotatable bonds is 4. The molecule has 0 aromatic heterocycles. The summed E-state index contributed by atoms with van der Waals surface area (Å²) in [7, 11) is -1.74. The zero-order valence-corrected chi connectivity index (χ0v) is 21.3. The van der Waals surface area contributed by atoms with E-state index in [4.69, 9.17) is 0 Å². The molecular formula is C25H38N4O3S. The number of carbonyl (C=O) groups is 1. The first-order valence-corrected chi connectivity index (χ1v) is 14.1. The summed E-state index contributed by atoms with van der Waals surface area (Å²) in [5, 5.41) is 2.97. The summed E-state index contributed by atoms with van der Waals surface area (Å²) < 4.78 is 28.8. The minimum absolute atomic E-state index is 0.0160. The molecule has 33 heavy (non-hydrogen) atoms. The number of likely N-dealkylation sites (N-methyl/N-ethyl adjacent to an activating group) is 1. The van der Waals surface area contributed by atoms with Gasteiger partial charge in [0.1, 0.15) is 0 Å². The maximum absolute atomic E-state index is 13.2. The number of aryl methyl sites for hydroxylation is 2. The number of amides is 2.